The molecule has 154 valence electrons. The summed E-state index contributed by atoms with van der Waals surface area (Å²) in [7, 11) is 0. The Bertz CT molecular complexity index is 729. The Morgan fingerprint density at radius 3 is 2.61 bits per heavy atom. The maximum atomic E-state index is 13.3. The van der Waals surface area contributed by atoms with E-state index in [0.29, 0.717) is 44.4 Å². The molecular weight excluding hydrogens is 382 g/mol. The summed E-state index contributed by atoms with van der Waals surface area (Å²) < 4.78 is 26.7. The molecule has 1 amide bonds. The van der Waals surface area contributed by atoms with Gasteiger partial charge in [-0.05, 0) is 31.6 Å². The fourth-order valence-corrected chi connectivity index (χ4v) is 6.54. The molecule has 0 radical (unpaired) electrons. The highest BCUT2D eigenvalue weighted by Gasteiger charge is 2.39. The van der Waals surface area contributed by atoms with Crippen LogP contribution in [0.1, 0.15) is 55.5 Å². The fourth-order valence-electron chi connectivity index (χ4n) is 5.28. The zero-order valence-electron chi connectivity index (χ0n) is 16.1. The Hall–Kier alpha value is -1.28. The van der Waals surface area contributed by atoms with Crippen molar-refractivity contribution in [3.63, 3.8) is 0 Å². The van der Waals surface area contributed by atoms with E-state index in [1.54, 1.807) is 11.3 Å². The van der Waals surface area contributed by atoms with Gasteiger partial charge in [0.25, 0.3) is 0 Å². The number of carbonyl (C=O) groups excluding carboxylic acids is 1. The van der Waals surface area contributed by atoms with E-state index >= 15 is 0 Å². The zero-order chi connectivity index (χ0) is 19.3. The van der Waals surface area contributed by atoms with Crippen molar-refractivity contribution in [3.8, 4) is 0 Å². The number of carbonyl (C=O) groups is 1. The molecule has 1 N–H and O–H groups in total. The quantitative estimate of drug-likeness (QED) is 0.832. The molecular formula is C20H28F2N4OS. The fraction of sp³-hybridized carbons (Fsp3) is 0.800. The van der Waals surface area contributed by atoms with Gasteiger partial charge in [0.2, 0.25) is 11.8 Å². The smallest absolute Gasteiger partial charge is 0.248 e. The summed E-state index contributed by atoms with van der Waals surface area (Å²) in [6.07, 6.45) is 4.48. The second-order valence-electron chi connectivity index (χ2n) is 8.89. The van der Waals surface area contributed by atoms with E-state index in [4.69, 9.17) is 4.98 Å². The van der Waals surface area contributed by atoms with E-state index in [2.05, 4.69) is 10.2 Å². The average Bonchev–Trinajstić information content (AvgIpc) is 3.20. The molecule has 4 heterocycles. The maximum absolute atomic E-state index is 13.3. The van der Waals surface area contributed by atoms with Crippen LogP contribution in [0.5, 0.6) is 0 Å². The van der Waals surface area contributed by atoms with Crippen LogP contribution in [0.3, 0.4) is 0 Å². The molecule has 3 fully saturated rings. The molecule has 2 saturated heterocycles. The first-order valence-electron chi connectivity index (χ1n) is 10.6. The predicted molar refractivity (Wildman–Crippen MR) is 105 cm³/mol. The van der Waals surface area contributed by atoms with Gasteiger partial charge in [-0.1, -0.05) is 11.3 Å². The zero-order valence-corrected chi connectivity index (χ0v) is 16.9. The molecule has 4 aliphatic rings. The van der Waals surface area contributed by atoms with E-state index in [1.165, 1.54) is 17.7 Å². The topological polar surface area (TPSA) is 48.5 Å². The second-order valence-corrected chi connectivity index (χ2v) is 9.95. The number of nitrogens with one attached hydrogen (secondary N) is 1. The lowest BCUT2D eigenvalue weighted by Crippen LogP contribution is -2.51. The van der Waals surface area contributed by atoms with Crippen LogP contribution in [-0.2, 0) is 17.8 Å². The Morgan fingerprint density at radius 1 is 1.18 bits per heavy atom. The Kier molecular flexibility index (Phi) is 4.82. The summed E-state index contributed by atoms with van der Waals surface area (Å²) in [6, 6.07) is 1.10. The van der Waals surface area contributed by atoms with Crippen molar-refractivity contribution in [2.75, 3.05) is 24.5 Å². The minimum absolute atomic E-state index is 0.0691. The maximum Gasteiger partial charge on any atom is 0.248 e. The largest absolute Gasteiger partial charge is 0.340 e. The molecule has 5 nitrogen and oxygen atoms in total. The van der Waals surface area contributed by atoms with Gasteiger partial charge in [0, 0.05) is 62.3 Å². The van der Waals surface area contributed by atoms with Gasteiger partial charge in [0.15, 0.2) is 5.13 Å². The Morgan fingerprint density at radius 2 is 1.89 bits per heavy atom. The number of fused-ring (bicyclic) bond motifs is 3. The lowest BCUT2D eigenvalue weighted by atomic mass is 9.84. The number of hydrogen-bond donors (Lipinski definition) is 1. The van der Waals surface area contributed by atoms with Crippen LogP contribution < -0.4 is 10.2 Å². The second kappa shape index (κ2) is 7.20. The van der Waals surface area contributed by atoms with Crippen LogP contribution in [-0.4, -0.2) is 53.4 Å². The number of piperazine rings is 1. The number of anilines is 1. The Labute approximate surface area is 168 Å². The van der Waals surface area contributed by atoms with Gasteiger partial charge in [-0.2, -0.15) is 0 Å². The minimum Gasteiger partial charge on any atom is -0.340 e. The van der Waals surface area contributed by atoms with Crippen LogP contribution in [0.4, 0.5) is 13.9 Å². The summed E-state index contributed by atoms with van der Waals surface area (Å²) in [5.74, 6) is -2.29. The summed E-state index contributed by atoms with van der Waals surface area (Å²) >= 11 is 1.75. The molecule has 1 aromatic heterocycles. The number of alkyl halides is 2. The molecule has 5 rings (SSSR count). The first-order valence-corrected chi connectivity index (χ1v) is 11.4. The highest BCUT2D eigenvalue weighted by atomic mass is 32.1. The van der Waals surface area contributed by atoms with Gasteiger partial charge < -0.3 is 15.1 Å². The lowest BCUT2D eigenvalue weighted by molar-refractivity contribution is -0.134. The minimum atomic E-state index is -2.53. The summed E-state index contributed by atoms with van der Waals surface area (Å²) in [6.45, 7) is 3.40. The number of halogens is 2. The summed E-state index contributed by atoms with van der Waals surface area (Å²) in [5.41, 5.74) is 1.15. The van der Waals surface area contributed by atoms with E-state index < -0.39 is 5.92 Å². The lowest BCUT2D eigenvalue weighted by Gasteiger charge is -2.35. The van der Waals surface area contributed by atoms with Crippen molar-refractivity contribution in [1.82, 2.24) is 15.2 Å². The van der Waals surface area contributed by atoms with Crippen molar-refractivity contribution in [2.24, 2.45) is 5.92 Å². The molecule has 3 aliphatic heterocycles. The molecule has 0 spiro atoms. The molecule has 8 heteroatoms. The van der Waals surface area contributed by atoms with Crippen LogP contribution in [0.2, 0.25) is 0 Å². The highest BCUT2D eigenvalue weighted by molar-refractivity contribution is 7.15. The first-order chi connectivity index (χ1) is 13.5. The monoisotopic (exact) mass is 410 g/mol. The van der Waals surface area contributed by atoms with Crippen molar-refractivity contribution >= 4 is 22.4 Å². The van der Waals surface area contributed by atoms with E-state index in [1.807, 2.05) is 4.90 Å². The highest BCUT2D eigenvalue weighted by Crippen LogP contribution is 2.39. The van der Waals surface area contributed by atoms with Crippen molar-refractivity contribution < 1.29 is 13.6 Å². The molecule has 1 saturated carbocycles. The molecule has 1 aliphatic carbocycles. The van der Waals surface area contributed by atoms with Gasteiger partial charge in [-0.15, -0.1) is 0 Å². The number of thiazole rings is 1. The summed E-state index contributed by atoms with van der Waals surface area (Å²) in [5, 5.41) is 4.64. The SMILES string of the molecule is O=C(CC1CCC(F)(F)CC1)N1CCc2nc(N3C4CCC3CNC4)sc2C1. The average molecular weight is 411 g/mol. The normalized spacial score (nSPS) is 29.8. The van der Waals surface area contributed by atoms with Crippen molar-refractivity contribution in [3.05, 3.63) is 10.6 Å². The van der Waals surface area contributed by atoms with Crippen LogP contribution >= 0.6 is 11.3 Å². The van der Waals surface area contributed by atoms with E-state index in [9.17, 15) is 13.6 Å². The molecule has 28 heavy (non-hydrogen) atoms. The predicted octanol–water partition coefficient (Wildman–Crippen LogP) is 3.18. The van der Waals surface area contributed by atoms with Crippen LogP contribution in [0.25, 0.3) is 0 Å². The third-order valence-corrected chi connectivity index (χ3v) is 8.07. The van der Waals surface area contributed by atoms with Gasteiger partial charge in [0.1, 0.15) is 0 Å². The number of rotatable bonds is 3. The van der Waals surface area contributed by atoms with Crippen LogP contribution in [0.15, 0.2) is 0 Å². The van der Waals surface area contributed by atoms with Gasteiger partial charge in [-0.3, -0.25) is 4.79 Å². The van der Waals surface area contributed by atoms with E-state index in [0.717, 1.165) is 30.3 Å². The van der Waals surface area contributed by atoms with Crippen molar-refractivity contribution in [1.29, 1.82) is 0 Å². The number of amides is 1. The first kappa shape index (κ1) is 18.7. The van der Waals surface area contributed by atoms with Crippen molar-refractivity contribution in [2.45, 2.75) is 75.9 Å². The number of nitrogens with zero attached hydrogens (tertiary/aromatic N) is 3. The van der Waals surface area contributed by atoms with Crippen LogP contribution in [0, 0.1) is 5.92 Å². The van der Waals surface area contributed by atoms with Gasteiger partial charge in [-0.25, -0.2) is 13.8 Å². The molecule has 2 bridgehead atoms. The van der Waals surface area contributed by atoms with Gasteiger partial charge in [0.05, 0.1) is 12.2 Å². The Balaban J connectivity index is 1.22. The summed E-state index contributed by atoms with van der Waals surface area (Å²) in [4.78, 5) is 23.3. The van der Waals surface area contributed by atoms with E-state index in [-0.39, 0.29) is 24.7 Å². The number of aromatic nitrogens is 1. The standard InChI is InChI=1S/C20H28F2N4OS/c21-20(22)6-3-13(4-7-20)9-18(27)25-8-5-16-17(12-25)28-19(24-16)26-14-1-2-15(26)11-23-10-14/h13-15,23H,1-12H2. The van der Waals surface area contributed by atoms with Gasteiger partial charge >= 0.3 is 0 Å². The molecule has 2 atom stereocenters. The molecule has 2 unspecified atom stereocenters. The third-order valence-electron chi connectivity index (χ3n) is 6.97. The molecule has 0 aromatic carbocycles. The number of hydrogen-bond acceptors (Lipinski definition) is 5. The third kappa shape index (κ3) is 3.54. The molecule has 1 aromatic rings.